The minimum atomic E-state index is 0.104. The lowest BCUT2D eigenvalue weighted by atomic mass is 9.83. The topological polar surface area (TPSA) is 19.9 Å². The van der Waals surface area contributed by atoms with Gasteiger partial charge in [0.05, 0.1) is 0 Å². The van der Waals surface area contributed by atoms with Gasteiger partial charge in [-0.15, -0.1) is 0 Å². The zero-order chi connectivity index (χ0) is 25.8. The van der Waals surface area contributed by atoms with E-state index in [1.165, 1.54) is 121 Å². The summed E-state index contributed by atoms with van der Waals surface area (Å²) in [5.41, 5.74) is 3.62. The third kappa shape index (κ3) is 15.7. The summed E-state index contributed by atoms with van der Waals surface area (Å²) in [6.07, 6.45) is 28.8. The molecule has 0 N–H and O–H groups in total. The fourth-order valence-corrected chi connectivity index (χ4v) is 5.16. The Balaban J connectivity index is 2.40. The fraction of sp³-hybridized carbons (Fsp3) is 0.824. The van der Waals surface area contributed by atoms with Gasteiger partial charge in [-0.05, 0) is 36.7 Å². The maximum Gasteiger partial charge on any atom is 0.185 e. The Morgan fingerprint density at radius 2 is 0.771 bits per heavy atom. The largest absolute Gasteiger partial charge is 0.289 e. The van der Waals surface area contributed by atoms with Gasteiger partial charge < -0.3 is 0 Å². The lowest BCUT2D eigenvalue weighted by Crippen LogP contribution is -2.12. The minimum absolute atomic E-state index is 0.104. The SMILES string of the molecule is CCCCCCCCCCCCc1cc(C(C)(C)C)cc(CCCCCCCCCCCC)c1[O]. The molecule has 0 bridgehead atoms. The molecule has 1 radical (unpaired) electrons. The van der Waals surface area contributed by atoms with Crippen LogP contribution in [0.25, 0.3) is 0 Å². The Kier molecular flexibility index (Phi) is 18.4. The van der Waals surface area contributed by atoms with Gasteiger partial charge in [-0.2, -0.15) is 0 Å². The molecule has 0 saturated carbocycles. The fourth-order valence-electron chi connectivity index (χ4n) is 5.16. The second-order valence-corrected chi connectivity index (χ2v) is 12.2. The molecule has 0 aliphatic carbocycles. The van der Waals surface area contributed by atoms with Gasteiger partial charge in [0.15, 0.2) is 5.75 Å². The molecule has 0 amide bonds. The summed E-state index contributed by atoms with van der Waals surface area (Å²) in [7, 11) is 0. The quantitative estimate of drug-likeness (QED) is 0.145. The van der Waals surface area contributed by atoms with E-state index in [-0.39, 0.29) is 5.41 Å². The van der Waals surface area contributed by atoms with Gasteiger partial charge in [0.2, 0.25) is 0 Å². The van der Waals surface area contributed by atoms with E-state index in [9.17, 15) is 5.11 Å². The molecule has 1 rings (SSSR count). The molecule has 0 saturated heterocycles. The van der Waals surface area contributed by atoms with E-state index in [2.05, 4.69) is 46.8 Å². The first-order valence-electron chi connectivity index (χ1n) is 15.7. The zero-order valence-electron chi connectivity index (χ0n) is 24.6. The molecule has 35 heavy (non-hydrogen) atoms. The molecule has 0 aromatic heterocycles. The standard InChI is InChI=1S/C34H61O/c1-6-8-10-12-14-16-18-20-22-24-26-30-28-32(34(3,4)5)29-31(33(30)35)27-25-23-21-19-17-15-13-11-9-7-2/h28-29H,6-27H2,1-5H3. The molecule has 1 aromatic carbocycles. The van der Waals surface area contributed by atoms with Crippen LogP contribution in [0.2, 0.25) is 0 Å². The highest BCUT2D eigenvalue weighted by molar-refractivity contribution is 5.45. The highest BCUT2D eigenvalue weighted by Gasteiger charge is 2.19. The van der Waals surface area contributed by atoms with Gasteiger partial charge in [0.25, 0.3) is 0 Å². The molecule has 1 heteroatoms. The van der Waals surface area contributed by atoms with Crippen molar-refractivity contribution in [2.45, 2.75) is 181 Å². The Bertz CT molecular complexity index is 579. The van der Waals surface area contributed by atoms with E-state index in [1.807, 2.05) is 0 Å². The smallest absolute Gasteiger partial charge is 0.185 e. The van der Waals surface area contributed by atoms with Crippen LogP contribution in [0.1, 0.15) is 180 Å². The molecule has 1 aromatic rings. The van der Waals surface area contributed by atoms with Gasteiger partial charge in [0, 0.05) is 11.1 Å². The Labute approximate surface area is 220 Å². The van der Waals surface area contributed by atoms with Crippen LogP contribution in [0.5, 0.6) is 5.75 Å². The molecule has 0 atom stereocenters. The van der Waals surface area contributed by atoms with Crippen LogP contribution in [-0.2, 0) is 23.4 Å². The minimum Gasteiger partial charge on any atom is -0.289 e. The number of unbranched alkanes of at least 4 members (excludes halogenated alkanes) is 18. The summed E-state index contributed by atoms with van der Waals surface area (Å²) in [6.45, 7) is 11.4. The van der Waals surface area contributed by atoms with Crippen molar-refractivity contribution in [1.29, 1.82) is 0 Å². The van der Waals surface area contributed by atoms with E-state index >= 15 is 0 Å². The van der Waals surface area contributed by atoms with Gasteiger partial charge in [-0.1, -0.05) is 162 Å². The van der Waals surface area contributed by atoms with Crippen molar-refractivity contribution in [3.63, 3.8) is 0 Å². The van der Waals surface area contributed by atoms with Gasteiger partial charge in [-0.25, -0.2) is 0 Å². The van der Waals surface area contributed by atoms with Gasteiger partial charge in [-0.3, -0.25) is 5.11 Å². The highest BCUT2D eigenvalue weighted by atomic mass is 16.3. The number of aryl methyl sites for hydroxylation is 2. The van der Waals surface area contributed by atoms with E-state index < -0.39 is 0 Å². The predicted octanol–water partition coefficient (Wildman–Crippen LogP) is 12.1. The lowest BCUT2D eigenvalue weighted by Gasteiger charge is -2.22. The molecular formula is C34H61O. The highest BCUT2D eigenvalue weighted by Crippen LogP contribution is 2.33. The maximum absolute atomic E-state index is 13.2. The first-order valence-corrected chi connectivity index (χ1v) is 15.7. The number of hydrogen-bond acceptors (Lipinski definition) is 0. The molecule has 203 valence electrons. The first-order chi connectivity index (χ1) is 16.9. The normalized spacial score (nSPS) is 11.9. The number of hydrogen-bond donors (Lipinski definition) is 0. The average Bonchev–Trinajstić information content (AvgIpc) is 2.82. The zero-order valence-corrected chi connectivity index (χ0v) is 24.6. The third-order valence-electron chi connectivity index (χ3n) is 7.71. The first kappa shape index (κ1) is 32.0. The summed E-state index contributed by atoms with van der Waals surface area (Å²) >= 11 is 0. The molecule has 0 heterocycles. The lowest BCUT2D eigenvalue weighted by molar-refractivity contribution is 0.343. The van der Waals surface area contributed by atoms with E-state index in [0.29, 0.717) is 5.75 Å². The maximum atomic E-state index is 13.2. The van der Waals surface area contributed by atoms with E-state index in [1.54, 1.807) is 0 Å². The summed E-state index contributed by atoms with van der Waals surface area (Å²) in [6, 6.07) is 4.47. The third-order valence-corrected chi connectivity index (χ3v) is 7.71. The van der Waals surface area contributed by atoms with Crippen molar-refractivity contribution in [2.75, 3.05) is 0 Å². The van der Waals surface area contributed by atoms with Crippen LogP contribution < -0.4 is 0 Å². The van der Waals surface area contributed by atoms with Crippen LogP contribution in [-0.4, -0.2) is 0 Å². The van der Waals surface area contributed by atoms with Crippen molar-refractivity contribution in [3.8, 4) is 5.75 Å². The van der Waals surface area contributed by atoms with Crippen molar-refractivity contribution >= 4 is 0 Å². The molecule has 0 spiro atoms. The summed E-state index contributed by atoms with van der Waals surface area (Å²) in [4.78, 5) is 0. The van der Waals surface area contributed by atoms with Crippen molar-refractivity contribution in [2.24, 2.45) is 0 Å². The van der Waals surface area contributed by atoms with Crippen LogP contribution in [0.15, 0.2) is 12.1 Å². The molecular weight excluding hydrogens is 424 g/mol. The Morgan fingerprint density at radius 1 is 0.486 bits per heavy atom. The summed E-state index contributed by atoms with van der Waals surface area (Å²) < 4.78 is 0. The van der Waals surface area contributed by atoms with Crippen LogP contribution >= 0.6 is 0 Å². The molecule has 0 aliphatic rings. The van der Waals surface area contributed by atoms with E-state index in [4.69, 9.17) is 0 Å². The molecule has 0 unspecified atom stereocenters. The summed E-state index contributed by atoms with van der Waals surface area (Å²) in [5.74, 6) is 0.352. The molecule has 0 fully saturated rings. The Morgan fingerprint density at radius 3 is 1.06 bits per heavy atom. The van der Waals surface area contributed by atoms with E-state index in [0.717, 1.165) is 36.8 Å². The second-order valence-electron chi connectivity index (χ2n) is 12.2. The number of benzene rings is 1. The van der Waals surface area contributed by atoms with Crippen LogP contribution in [0, 0.1) is 0 Å². The van der Waals surface area contributed by atoms with Crippen molar-refractivity contribution in [3.05, 3.63) is 28.8 Å². The van der Waals surface area contributed by atoms with Gasteiger partial charge in [0.1, 0.15) is 0 Å². The van der Waals surface area contributed by atoms with Crippen molar-refractivity contribution < 1.29 is 5.11 Å². The second kappa shape index (κ2) is 20.1. The monoisotopic (exact) mass is 485 g/mol. The predicted molar refractivity (Wildman–Crippen MR) is 156 cm³/mol. The van der Waals surface area contributed by atoms with Gasteiger partial charge >= 0.3 is 0 Å². The van der Waals surface area contributed by atoms with Crippen molar-refractivity contribution in [1.82, 2.24) is 0 Å². The van der Waals surface area contributed by atoms with Crippen LogP contribution in [0.4, 0.5) is 0 Å². The number of rotatable bonds is 22. The summed E-state index contributed by atoms with van der Waals surface area (Å²) in [5, 5.41) is 13.2. The van der Waals surface area contributed by atoms with Crippen LogP contribution in [0.3, 0.4) is 0 Å². The Hall–Kier alpha value is -0.980. The molecule has 1 nitrogen and oxygen atoms in total. The average molecular weight is 486 g/mol. The molecule has 0 aliphatic heterocycles.